The van der Waals surface area contributed by atoms with Crippen molar-refractivity contribution in [1.29, 1.82) is 0 Å². The highest BCUT2D eigenvalue weighted by molar-refractivity contribution is 5.80. The highest BCUT2D eigenvalue weighted by atomic mass is 16.5. The first-order chi connectivity index (χ1) is 8.21. The number of carboxylic acids is 1. The summed E-state index contributed by atoms with van der Waals surface area (Å²) in [5, 5.41) is 11.8. The van der Waals surface area contributed by atoms with Crippen LogP contribution >= 0.6 is 0 Å². The topological polar surface area (TPSA) is 75.6 Å². The van der Waals surface area contributed by atoms with Crippen molar-refractivity contribution in [3.63, 3.8) is 0 Å². The zero-order chi connectivity index (χ0) is 13.9. The van der Waals surface area contributed by atoms with Crippen molar-refractivity contribution in [2.45, 2.75) is 52.7 Å². The predicted molar refractivity (Wildman–Crippen MR) is 67.2 cm³/mol. The number of rotatable bonds is 4. The smallest absolute Gasteiger partial charge is 0.305 e. The van der Waals surface area contributed by atoms with Gasteiger partial charge in [0.15, 0.2) is 0 Å². The van der Waals surface area contributed by atoms with Crippen LogP contribution in [0.1, 0.15) is 40.5 Å². The van der Waals surface area contributed by atoms with Gasteiger partial charge in [-0.15, -0.1) is 0 Å². The van der Waals surface area contributed by atoms with Crippen molar-refractivity contribution < 1.29 is 19.4 Å². The largest absolute Gasteiger partial charge is 0.481 e. The Bertz CT molecular complexity index is 321. The van der Waals surface area contributed by atoms with E-state index in [0.717, 1.165) is 0 Å². The molecule has 1 amide bonds. The molecule has 5 heteroatoms. The Morgan fingerprint density at radius 3 is 2.44 bits per heavy atom. The molecular formula is C13H23NO4. The Labute approximate surface area is 108 Å². The molecule has 1 fully saturated rings. The van der Waals surface area contributed by atoms with Crippen LogP contribution in [0.5, 0.6) is 0 Å². The minimum Gasteiger partial charge on any atom is -0.481 e. The van der Waals surface area contributed by atoms with Crippen LogP contribution in [0, 0.1) is 11.3 Å². The van der Waals surface area contributed by atoms with Gasteiger partial charge in [0.05, 0.1) is 18.4 Å². The predicted octanol–water partition coefficient (Wildman–Crippen LogP) is 1.42. The van der Waals surface area contributed by atoms with Crippen LogP contribution in [0.4, 0.5) is 0 Å². The van der Waals surface area contributed by atoms with Crippen molar-refractivity contribution >= 4 is 11.9 Å². The van der Waals surface area contributed by atoms with Crippen LogP contribution in [0.15, 0.2) is 0 Å². The molecule has 3 unspecified atom stereocenters. The number of hydrogen-bond donors (Lipinski definition) is 2. The molecule has 0 aromatic rings. The van der Waals surface area contributed by atoms with Crippen LogP contribution < -0.4 is 5.32 Å². The molecule has 0 saturated carbocycles. The Kier molecular flexibility index (Phi) is 4.73. The molecule has 0 bridgehead atoms. The van der Waals surface area contributed by atoms with Crippen molar-refractivity contribution in [1.82, 2.24) is 5.32 Å². The van der Waals surface area contributed by atoms with Crippen LogP contribution in [0.2, 0.25) is 0 Å². The van der Waals surface area contributed by atoms with E-state index in [4.69, 9.17) is 9.84 Å². The SMILES string of the molecule is CC1OCCC1C(=O)NC(CC(=O)O)C(C)(C)C. The fraction of sp³-hybridized carbons (Fsp3) is 0.846. The molecule has 0 aromatic heterocycles. The van der Waals surface area contributed by atoms with E-state index >= 15 is 0 Å². The van der Waals surface area contributed by atoms with Crippen LogP contribution in [0.25, 0.3) is 0 Å². The fourth-order valence-electron chi connectivity index (χ4n) is 2.10. The first-order valence-corrected chi connectivity index (χ1v) is 6.35. The summed E-state index contributed by atoms with van der Waals surface area (Å²) in [6.07, 6.45) is 0.559. The maximum atomic E-state index is 12.1. The van der Waals surface area contributed by atoms with Gasteiger partial charge in [0.1, 0.15) is 0 Å². The molecule has 5 nitrogen and oxygen atoms in total. The maximum absolute atomic E-state index is 12.1. The molecule has 0 aliphatic carbocycles. The number of carbonyl (C=O) groups excluding carboxylic acids is 1. The van der Waals surface area contributed by atoms with Crippen molar-refractivity contribution in [3.05, 3.63) is 0 Å². The standard InChI is InChI=1S/C13H23NO4/c1-8-9(5-6-18-8)12(17)14-10(7-11(15)16)13(2,3)4/h8-10H,5-7H2,1-4H3,(H,14,17)(H,15,16). The minimum atomic E-state index is -0.897. The molecule has 1 heterocycles. The highest BCUT2D eigenvalue weighted by Crippen LogP contribution is 2.25. The third kappa shape index (κ3) is 3.98. The van der Waals surface area contributed by atoms with Gasteiger partial charge in [-0.05, 0) is 18.8 Å². The lowest BCUT2D eigenvalue weighted by atomic mass is 9.84. The van der Waals surface area contributed by atoms with E-state index in [1.165, 1.54) is 0 Å². The Morgan fingerprint density at radius 2 is 2.06 bits per heavy atom. The van der Waals surface area contributed by atoms with E-state index in [1.807, 2.05) is 27.7 Å². The molecular weight excluding hydrogens is 234 g/mol. The molecule has 104 valence electrons. The molecule has 0 radical (unpaired) electrons. The lowest BCUT2D eigenvalue weighted by Gasteiger charge is -2.31. The first kappa shape index (κ1) is 15.0. The monoisotopic (exact) mass is 257 g/mol. The molecule has 1 aliphatic heterocycles. The molecule has 18 heavy (non-hydrogen) atoms. The van der Waals surface area contributed by atoms with Gasteiger partial charge < -0.3 is 15.2 Å². The Hall–Kier alpha value is -1.10. The summed E-state index contributed by atoms with van der Waals surface area (Å²) < 4.78 is 5.36. The van der Waals surface area contributed by atoms with Crippen molar-refractivity contribution in [2.75, 3.05) is 6.61 Å². The van der Waals surface area contributed by atoms with Crippen LogP contribution in [-0.4, -0.2) is 35.7 Å². The summed E-state index contributed by atoms with van der Waals surface area (Å²) in [4.78, 5) is 23.0. The average Bonchev–Trinajstić information content (AvgIpc) is 2.61. The third-order valence-electron chi connectivity index (χ3n) is 3.45. The van der Waals surface area contributed by atoms with E-state index < -0.39 is 5.97 Å². The molecule has 2 N–H and O–H groups in total. The zero-order valence-electron chi connectivity index (χ0n) is 11.5. The normalized spacial score (nSPS) is 25.8. The number of carbonyl (C=O) groups is 2. The molecule has 0 aromatic carbocycles. The summed E-state index contributed by atoms with van der Waals surface area (Å²) >= 11 is 0. The Morgan fingerprint density at radius 1 is 1.44 bits per heavy atom. The second-order valence-corrected chi connectivity index (χ2v) is 6.00. The van der Waals surface area contributed by atoms with Crippen LogP contribution in [-0.2, 0) is 14.3 Å². The van der Waals surface area contributed by atoms with Gasteiger partial charge in [-0.25, -0.2) is 0 Å². The lowest BCUT2D eigenvalue weighted by molar-refractivity contribution is -0.138. The van der Waals surface area contributed by atoms with E-state index in [-0.39, 0.29) is 35.8 Å². The van der Waals surface area contributed by atoms with E-state index in [2.05, 4.69) is 5.32 Å². The number of carboxylic acid groups (broad SMARTS) is 1. The summed E-state index contributed by atoms with van der Waals surface area (Å²) in [6.45, 7) is 8.25. The summed E-state index contributed by atoms with van der Waals surface area (Å²) in [5.74, 6) is -1.16. The van der Waals surface area contributed by atoms with Crippen molar-refractivity contribution in [3.8, 4) is 0 Å². The van der Waals surface area contributed by atoms with E-state index in [0.29, 0.717) is 13.0 Å². The average molecular weight is 257 g/mol. The Balaban J connectivity index is 2.65. The van der Waals surface area contributed by atoms with E-state index in [1.54, 1.807) is 0 Å². The second kappa shape index (κ2) is 5.69. The van der Waals surface area contributed by atoms with E-state index in [9.17, 15) is 9.59 Å². The molecule has 1 rings (SSSR count). The second-order valence-electron chi connectivity index (χ2n) is 6.00. The quantitative estimate of drug-likeness (QED) is 0.798. The number of nitrogens with one attached hydrogen (secondary N) is 1. The summed E-state index contributed by atoms with van der Waals surface area (Å²) in [6, 6.07) is -0.365. The molecule has 1 aliphatic rings. The number of amides is 1. The van der Waals surface area contributed by atoms with Crippen LogP contribution in [0.3, 0.4) is 0 Å². The van der Waals surface area contributed by atoms with Gasteiger partial charge in [0.25, 0.3) is 0 Å². The molecule has 1 saturated heterocycles. The third-order valence-corrected chi connectivity index (χ3v) is 3.45. The van der Waals surface area contributed by atoms with Gasteiger partial charge in [0.2, 0.25) is 5.91 Å². The number of aliphatic carboxylic acids is 1. The van der Waals surface area contributed by atoms with Crippen molar-refractivity contribution in [2.24, 2.45) is 11.3 Å². The van der Waals surface area contributed by atoms with Gasteiger partial charge in [-0.1, -0.05) is 20.8 Å². The summed E-state index contributed by atoms with van der Waals surface area (Å²) in [5.41, 5.74) is -0.281. The van der Waals surface area contributed by atoms with Gasteiger partial charge in [0, 0.05) is 12.6 Å². The zero-order valence-corrected chi connectivity index (χ0v) is 11.5. The lowest BCUT2D eigenvalue weighted by Crippen LogP contribution is -2.48. The maximum Gasteiger partial charge on any atom is 0.305 e. The molecule has 3 atom stereocenters. The van der Waals surface area contributed by atoms with Gasteiger partial charge >= 0.3 is 5.97 Å². The van der Waals surface area contributed by atoms with Gasteiger partial charge in [-0.3, -0.25) is 9.59 Å². The minimum absolute atomic E-state index is 0.0583. The number of ether oxygens (including phenoxy) is 1. The number of hydrogen-bond acceptors (Lipinski definition) is 3. The van der Waals surface area contributed by atoms with Gasteiger partial charge in [-0.2, -0.15) is 0 Å². The first-order valence-electron chi connectivity index (χ1n) is 6.35. The summed E-state index contributed by atoms with van der Waals surface area (Å²) in [7, 11) is 0. The highest BCUT2D eigenvalue weighted by Gasteiger charge is 2.35. The fourth-order valence-corrected chi connectivity index (χ4v) is 2.10. The molecule has 0 spiro atoms.